The molecule has 0 heterocycles. The summed E-state index contributed by atoms with van der Waals surface area (Å²) in [5.74, 6) is 0.434. The topological polar surface area (TPSA) is 58.6 Å². The van der Waals surface area contributed by atoms with Crippen molar-refractivity contribution >= 4 is 58.6 Å². The lowest BCUT2D eigenvalue weighted by Gasteiger charge is -2.27. The second kappa shape index (κ2) is 16.3. The zero-order valence-electron chi connectivity index (χ0n) is 25.5. The van der Waals surface area contributed by atoms with Crippen LogP contribution in [-0.2, 0) is 4.79 Å². The summed E-state index contributed by atoms with van der Waals surface area (Å²) in [5, 5.41) is 4.70. The number of hydrogen-bond acceptors (Lipinski definition) is 4. The predicted octanol–water partition coefficient (Wildman–Crippen LogP) is 9.08. The van der Waals surface area contributed by atoms with Crippen LogP contribution in [0.25, 0.3) is 12.2 Å². The van der Waals surface area contributed by atoms with Gasteiger partial charge in [-0.25, -0.2) is 0 Å². The van der Waals surface area contributed by atoms with Crippen LogP contribution in [0, 0.1) is 6.92 Å². The lowest BCUT2D eigenvalue weighted by Crippen LogP contribution is -2.39. The van der Waals surface area contributed by atoms with E-state index in [1.54, 1.807) is 36.4 Å². The van der Waals surface area contributed by atoms with Gasteiger partial charge in [-0.2, -0.15) is 0 Å². The maximum Gasteiger partial charge on any atom is 0.251 e. The van der Waals surface area contributed by atoms with E-state index in [9.17, 15) is 9.59 Å². The van der Waals surface area contributed by atoms with Crippen LogP contribution in [-0.4, -0.2) is 48.9 Å². The number of benzene rings is 3. The quantitative estimate of drug-likeness (QED) is 0.198. The zero-order valence-corrected chi connectivity index (χ0v) is 27.7. The van der Waals surface area contributed by atoms with Gasteiger partial charge >= 0.3 is 0 Å². The van der Waals surface area contributed by atoms with Crippen molar-refractivity contribution in [3.63, 3.8) is 0 Å². The minimum absolute atomic E-state index is 0.0813. The molecule has 1 amide bonds. The minimum atomic E-state index is -0.299. The predicted molar refractivity (Wildman–Crippen MR) is 183 cm³/mol. The van der Waals surface area contributed by atoms with Crippen LogP contribution in [0.3, 0.4) is 0 Å². The van der Waals surface area contributed by atoms with Gasteiger partial charge in [-0.3, -0.25) is 14.5 Å². The molecule has 0 spiro atoms. The molecular weight excluding hydrogens is 615 g/mol. The van der Waals surface area contributed by atoms with Crippen LogP contribution in [0.2, 0.25) is 15.1 Å². The summed E-state index contributed by atoms with van der Waals surface area (Å²) in [6.45, 7) is 9.90. The van der Waals surface area contributed by atoms with Gasteiger partial charge in [0, 0.05) is 44.4 Å². The molecule has 0 aromatic heterocycles. The number of hydrogen-bond donors (Lipinski definition) is 1. The fourth-order valence-corrected chi connectivity index (χ4v) is 6.33. The highest BCUT2D eigenvalue weighted by Gasteiger charge is 2.29. The van der Waals surface area contributed by atoms with E-state index in [-0.39, 0.29) is 17.7 Å². The number of nitrogens with zero attached hydrogens (tertiary/aromatic N) is 1. The lowest BCUT2D eigenvalue weighted by atomic mass is 9.83. The molecule has 8 heteroatoms. The summed E-state index contributed by atoms with van der Waals surface area (Å²) in [7, 11) is 0. The summed E-state index contributed by atoms with van der Waals surface area (Å²) in [6.07, 6.45) is 6.63. The number of halogens is 3. The first-order chi connectivity index (χ1) is 21.1. The Balaban J connectivity index is 1.50. The van der Waals surface area contributed by atoms with E-state index in [1.165, 1.54) is 0 Å². The van der Waals surface area contributed by atoms with Gasteiger partial charge < -0.3 is 10.1 Å². The van der Waals surface area contributed by atoms with E-state index in [0.717, 1.165) is 54.9 Å². The third kappa shape index (κ3) is 9.97. The Kier molecular flexibility index (Phi) is 12.5. The molecule has 4 rings (SSSR count). The fraction of sp³-hybridized carbons (Fsp3) is 0.333. The first-order valence-corrected chi connectivity index (χ1v) is 16.2. The van der Waals surface area contributed by atoms with Gasteiger partial charge in [0.15, 0.2) is 5.78 Å². The Bertz CT molecular complexity index is 1410. The van der Waals surface area contributed by atoms with Crippen LogP contribution in [0.4, 0.5) is 0 Å². The standard InChI is InChI=1S/C36H39Cl3N2O3/c1-4-10-41(11-5-2)12-13-44-34-8-6-27(7-9-34)36(43)40-33-21-28(16-25-14-24(3)15-30(37)18-25)35(42)29(22-33)17-26-19-31(38)23-32(39)20-26/h6-9,14-20,23,33H,4-5,10-13,21-22H2,1-3H3,(H,40,43)/b28-16+,29-17+. The molecule has 1 aliphatic carbocycles. The number of nitrogens with one attached hydrogen (secondary N) is 1. The summed E-state index contributed by atoms with van der Waals surface area (Å²) in [5.41, 5.74) is 4.22. The van der Waals surface area contributed by atoms with Gasteiger partial charge in [-0.05, 0) is 129 Å². The van der Waals surface area contributed by atoms with Crippen LogP contribution < -0.4 is 10.1 Å². The molecule has 0 aliphatic heterocycles. The van der Waals surface area contributed by atoms with E-state index < -0.39 is 0 Å². The van der Waals surface area contributed by atoms with Crippen molar-refractivity contribution in [2.45, 2.75) is 52.5 Å². The summed E-state index contributed by atoms with van der Waals surface area (Å²) in [6, 6.07) is 17.7. The maximum absolute atomic E-state index is 13.6. The highest BCUT2D eigenvalue weighted by atomic mass is 35.5. The van der Waals surface area contributed by atoms with Gasteiger partial charge in [-0.15, -0.1) is 0 Å². The molecule has 0 bridgehead atoms. The molecule has 1 aliphatic rings. The second-order valence-corrected chi connectivity index (χ2v) is 12.5. The summed E-state index contributed by atoms with van der Waals surface area (Å²) >= 11 is 18.7. The number of aryl methyl sites for hydroxylation is 1. The normalized spacial score (nSPS) is 17.0. The van der Waals surface area contributed by atoms with E-state index >= 15 is 0 Å². The molecule has 1 fully saturated rings. The minimum Gasteiger partial charge on any atom is -0.492 e. The van der Waals surface area contributed by atoms with Crippen LogP contribution in [0.5, 0.6) is 5.75 Å². The van der Waals surface area contributed by atoms with Gasteiger partial charge in [0.1, 0.15) is 12.4 Å². The van der Waals surface area contributed by atoms with Crippen molar-refractivity contribution in [3.05, 3.63) is 109 Å². The van der Waals surface area contributed by atoms with Crippen molar-refractivity contribution in [1.29, 1.82) is 0 Å². The smallest absolute Gasteiger partial charge is 0.251 e. The Hall–Kier alpha value is -3.09. The number of ketones is 1. The Morgan fingerprint density at radius 1 is 0.841 bits per heavy atom. The molecule has 1 saturated carbocycles. The zero-order chi connectivity index (χ0) is 31.6. The third-order valence-electron chi connectivity index (χ3n) is 7.35. The molecule has 44 heavy (non-hydrogen) atoms. The van der Waals surface area contributed by atoms with Crippen molar-refractivity contribution in [1.82, 2.24) is 10.2 Å². The Labute approximate surface area is 275 Å². The van der Waals surface area contributed by atoms with Crippen LogP contribution in [0.1, 0.15) is 66.6 Å². The molecule has 0 radical (unpaired) electrons. The van der Waals surface area contributed by atoms with Gasteiger partial charge in [-0.1, -0.05) is 54.7 Å². The van der Waals surface area contributed by atoms with Gasteiger partial charge in [0.2, 0.25) is 0 Å². The number of rotatable bonds is 12. The van der Waals surface area contributed by atoms with E-state index in [0.29, 0.717) is 51.2 Å². The third-order valence-corrected chi connectivity index (χ3v) is 8.01. The highest BCUT2D eigenvalue weighted by Crippen LogP contribution is 2.31. The first kappa shape index (κ1) is 33.8. The molecule has 5 nitrogen and oxygen atoms in total. The largest absolute Gasteiger partial charge is 0.492 e. The molecule has 0 saturated heterocycles. The maximum atomic E-state index is 13.6. The first-order valence-electron chi connectivity index (χ1n) is 15.1. The number of amides is 1. The summed E-state index contributed by atoms with van der Waals surface area (Å²) in [4.78, 5) is 29.4. The molecule has 1 atom stereocenters. The SMILES string of the molecule is CCCN(CCC)CCOc1ccc(C(=O)NC2C/C(=C\c3cc(C)cc(Cl)c3)C(=O)/C(=C/c3cc(Cl)cc(Cl)c3)C2)cc1. The average Bonchev–Trinajstić information content (AvgIpc) is 2.95. The molecule has 3 aromatic carbocycles. The average molecular weight is 654 g/mol. The van der Waals surface area contributed by atoms with E-state index in [4.69, 9.17) is 39.5 Å². The molecule has 1 unspecified atom stereocenters. The van der Waals surface area contributed by atoms with Gasteiger partial charge in [0.05, 0.1) is 0 Å². The number of ether oxygens (including phenoxy) is 1. The molecular formula is C36H39Cl3N2O3. The van der Waals surface area contributed by atoms with E-state index in [1.807, 2.05) is 43.3 Å². The molecule has 232 valence electrons. The molecule has 3 aromatic rings. The second-order valence-electron chi connectivity index (χ2n) is 11.2. The van der Waals surface area contributed by atoms with Gasteiger partial charge in [0.25, 0.3) is 5.91 Å². The van der Waals surface area contributed by atoms with Crippen LogP contribution >= 0.6 is 34.8 Å². The summed E-state index contributed by atoms with van der Waals surface area (Å²) < 4.78 is 5.95. The van der Waals surface area contributed by atoms with Crippen molar-refractivity contribution in [2.75, 3.05) is 26.2 Å². The fourth-order valence-electron chi connectivity index (χ4n) is 5.49. The Morgan fingerprint density at radius 3 is 1.93 bits per heavy atom. The van der Waals surface area contributed by atoms with Crippen molar-refractivity contribution < 1.29 is 14.3 Å². The molecule has 1 N–H and O–H groups in total. The monoisotopic (exact) mass is 652 g/mol. The number of carbonyl (C=O) groups is 2. The highest BCUT2D eigenvalue weighted by molar-refractivity contribution is 6.35. The van der Waals surface area contributed by atoms with Crippen molar-refractivity contribution in [3.8, 4) is 5.75 Å². The number of Topliss-reactive ketones (excluding diaryl/α,β-unsaturated/α-hetero) is 1. The number of carbonyl (C=O) groups excluding carboxylic acids is 2. The van der Waals surface area contributed by atoms with Crippen LogP contribution in [0.15, 0.2) is 71.8 Å². The Morgan fingerprint density at radius 2 is 1.39 bits per heavy atom. The van der Waals surface area contributed by atoms with Crippen molar-refractivity contribution in [2.24, 2.45) is 0 Å². The lowest BCUT2D eigenvalue weighted by molar-refractivity contribution is -0.113. The van der Waals surface area contributed by atoms with E-state index in [2.05, 4.69) is 24.1 Å².